The van der Waals surface area contributed by atoms with E-state index in [-0.39, 0.29) is 17.9 Å². The summed E-state index contributed by atoms with van der Waals surface area (Å²) in [6.45, 7) is 0. The molecule has 0 aliphatic heterocycles. The van der Waals surface area contributed by atoms with Crippen molar-refractivity contribution in [3.63, 3.8) is 0 Å². The third-order valence-corrected chi connectivity index (χ3v) is 7.66. The SMILES string of the molecule is NC(=O)c1ccc(CC(c2ccccc2)c2ccc(C(F)(F)F)nc2)cc1CC(c1ccccc1)c1ccc(C(F)(F)F)nc1. The molecule has 0 radical (unpaired) electrons. The number of carbonyl (C=O) groups excluding carboxylic acids is 1. The largest absolute Gasteiger partial charge is 0.433 e. The summed E-state index contributed by atoms with van der Waals surface area (Å²) in [5.74, 6) is -1.49. The fourth-order valence-electron chi connectivity index (χ4n) is 5.42. The Morgan fingerprint density at radius 1 is 0.600 bits per heavy atom. The first-order chi connectivity index (χ1) is 21.4. The Bertz CT molecular complexity index is 1740. The van der Waals surface area contributed by atoms with E-state index in [9.17, 15) is 31.1 Å². The summed E-state index contributed by atoms with van der Waals surface area (Å²) in [7, 11) is 0. The second kappa shape index (κ2) is 12.9. The Morgan fingerprint density at radius 3 is 1.47 bits per heavy atom. The van der Waals surface area contributed by atoms with Crippen LogP contribution in [-0.2, 0) is 25.2 Å². The van der Waals surface area contributed by atoms with Crippen molar-refractivity contribution in [1.82, 2.24) is 9.97 Å². The number of alkyl halides is 6. The van der Waals surface area contributed by atoms with Gasteiger partial charge in [0.2, 0.25) is 5.91 Å². The van der Waals surface area contributed by atoms with E-state index in [1.807, 2.05) is 66.7 Å². The topological polar surface area (TPSA) is 68.9 Å². The molecule has 0 saturated carbocycles. The smallest absolute Gasteiger partial charge is 0.366 e. The number of aromatic nitrogens is 2. The van der Waals surface area contributed by atoms with E-state index in [4.69, 9.17) is 5.73 Å². The number of pyridine rings is 2. The Morgan fingerprint density at radius 2 is 1.07 bits per heavy atom. The number of halogens is 6. The van der Waals surface area contributed by atoms with Crippen LogP contribution in [0.15, 0.2) is 116 Å². The Balaban J connectivity index is 1.53. The molecule has 0 aliphatic rings. The Kier molecular flexibility index (Phi) is 9.04. The number of hydrogen-bond acceptors (Lipinski definition) is 3. The minimum atomic E-state index is -4.59. The molecule has 5 rings (SSSR count). The fraction of sp³-hybridized carbons (Fsp3) is 0.171. The Hall–Kier alpha value is -4.99. The van der Waals surface area contributed by atoms with Crippen LogP contribution in [0.5, 0.6) is 0 Å². The third kappa shape index (κ3) is 7.57. The van der Waals surface area contributed by atoms with Gasteiger partial charge >= 0.3 is 12.4 Å². The van der Waals surface area contributed by atoms with Crippen LogP contribution in [0.2, 0.25) is 0 Å². The number of hydrogen-bond donors (Lipinski definition) is 1. The second-order valence-electron chi connectivity index (χ2n) is 10.6. The zero-order valence-corrected chi connectivity index (χ0v) is 23.7. The number of rotatable bonds is 9. The van der Waals surface area contributed by atoms with Gasteiger partial charge in [-0.1, -0.05) is 84.9 Å². The van der Waals surface area contributed by atoms with Crippen molar-refractivity contribution in [3.8, 4) is 0 Å². The van der Waals surface area contributed by atoms with Gasteiger partial charge in [0.25, 0.3) is 0 Å². The van der Waals surface area contributed by atoms with E-state index < -0.39 is 35.6 Å². The molecular formula is C35H27F6N3O. The molecule has 2 aromatic heterocycles. The van der Waals surface area contributed by atoms with E-state index in [1.165, 1.54) is 24.5 Å². The van der Waals surface area contributed by atoms with Gasteiger partial charge in [0, 0.05) is 29.8 Å². The van der Waals surface area contributed by atoms with Gasteiger partial charge in [0.15, 0.2) is 0 Å². The van der Waals surface area contributed by atoms with Gasteiger partial charge in [-0.2, -0.15) is 26.3 Å². The molecule has 5 aromatic rings. The van der Waals surface area contributed by atoms with Crippen LogP contribution in [0, 0.1) is 0 Å². The van der Waals surface area contributed by atoms with Crippen molar-refractivity contribution in [3.05, 3.63) is 166 Å². The maximum atomic E-state index is 13.2. The molecule has 10 heteroatoms. The first-order valence-electron chi connectivity index (χ1n) is 14.0. The van der Waals surface area contributed by atoms with E-state index in [1.54, 1.807) is 12.1 Å². The van der Waals surface area contributed by atoms with Crippen LogP contribution >= 0.6 is 0 Å². The number of carbonyl (C=O) groups is 1. The summed E-state index contributed by atoms with van der Waals surface area (Å²) in [5, 5.41) is 0. The molecule has 4 nitrogen and oxygen atoms in total. The van der Waals surface area contributed by atoms with Gasteiger partial charge in [0.1, 0.15) is 11.4 Å². The van der Waals surface area contributed by atoms with Crippen molar-refractivity contribution in [1.29, 1.82) is 0 Å². The first-order valence-corrected chi connectivity index (χ1v) is 14.0. The molecule has 45 heavy (non-hydrogen) atoms. The van der Waals surface area contributed by atoms with Crippen LogP contribution in [0.1, 0.15) is 67.0 Å². The lowest BCUT2D eigenvalue weighted by Crippen LogP contribution is -2.17. The molecule has 0 spiro atoms. The zero-order valence-electron chi connectivity index (χ0n) is 23.7. The molecule has 0 fully saturated rings. The van der Waals surface area contributed by atoms with Crippen molar-refractivity contribution >= 4 is 5.91 Å². The summed E-state index contributed by atoms with van der Waals surface area (Å²) in [6.07, 6.45) is -6.16. The number of nitrogens with zero attached hydrogens (tertiary/aromatic N) is 2. The highest BCUT2D eigenvalue weighted by Crippen LogP contribution is 2.35. The zero-order chi connectivity index (χ0) is 32.2. The minimum absolute atomic E-state index is 0.223. The molecule has 0 bridgehead atoms. The third-order valence-electron chi connectivity index (χ3n) is 7.66. The first kappa shape index (κ1) is 31.4. The second-order valence-corrected chi connectivity index (χ2v) is 10.6. The monoisotopic (exact) mass is 619 g/mol. The molecule has 3 aromatic carbocycles. The average molecular weight is 620 g/mol. The van der Waals surface area contributed by atoms with Gasteiger partial charge in [-0.15, -0.1) is 0 Å². The van der Waals surface area contributed by atoms with Gasteiger partial charge in [-0.3, -0.25) is 14.8 Å². The molecule has 230 valence electrons. The predicted molar refractivity (Wildman–Crippen MR) is 157 cm³/mol. The van der Waals surface area contributed by atoms with E-state index in [2.05, 4.69) is 9.97 Å². The summed E-state index contributed by atoms with van der Waals surface area (Å²) in [5.41, 5.74) is 8.11. The number of amides is 1. The summed E-state index contributed by atoms with van der Waals surface area (Å²) < 4.78 is 79.3. The summed E-state index contributed by atoms with van der Waals surface area (Å²) in [6, 6.07) is 28.3. The number of nitrogens with two attached hydrogens (primary N) is 1. The highest BCUT2D eigenvalue weighted by atomic mass is 19.4. The van der Waals surface area contributed by atoms with Crippen LogP contribution in [-0.4, -0.2) is 15.9 Å². The standard InChI is InChI=1S/C35H27F6N3O/c36-34(37,38)31-15-12-25(20-43-31)29(23-7-3-1-4-8-23)18-22-11-14-28(33(42)45)27(17-22)19-30(24-9-5-2-6-10-24)26-13-16-32(44-21-26)35(39,40)41/h1-17,20-21,29-30H,18-19H2,(H2,42,45). The lowest BCUT2D eigenvalue weighted by molar-refractivity contribution is -0.142. The summed E-state index contributed by atoms with van der Waals surface area (Å²) >= 11 is 0. The van der Waals surface area contributed by atoms with Gasteiger partial charge in [0.05, 0.1) is 0 Å². The molecule has 2 heterocycles. The number of benzene rings is 3. The molecule has 0 aliphatic carbocycles. The highest BCUT2D eigenvalue weighted by Gasteiger charge is 2.33. The maximum Gasteiger partial charge on any atom is 0.433 e. The molecular weight excluding hydrogens is 592 g/mol. The molecule has 2 unspecified atom stereocenters. The van der Waals surface area contributed by atoms with Gasteiger partial charge < -0.3 is 5.73 Å². The van der Waals surface area contributed by atoms with Crippen molar-refractivity contribution < 1.29 is 31.1 Å². The van der Waals surface area contributed by atoms with E-state index in [0.29, 0.717) is 23.1 Å². The normalized spacial score (nSPS) is 13.3. The number of primary amides is 1. The summed E-state index contributed by atoms with van der Waals surface area (Å²) in [4.78, 5) is 19.8. The van der Waals surface area contributed by atoms with Crippen LogP contribution < -0.4 is 5.73 Å². The van der Waals surface area contributed by atoms with Crippen molar-refractivity contribution in [2.75, 3.05) is 0 Å². The van der Waals surface area contributed by atoms with Gasteiger partial charge in [-0.05, 0) is 64.4 Å². The van der Waals surface area contributed by atoms with Crippen molar-refractivity contribution in [2.24, 2.45) is 5.73 Å². The highest BCUT2D eigenvalue weighted by molar-refractivity contribution is 5.94. The van der Waals surface area contributed by atoms with E-state index in [0.717, 1.165) is 28.8 Å². The van der Waals surface area contributed by atoms with Crippen LogP contribution in [0.3, 0.4) is 0 Å². The fourth-order valence-corrected chi connectivity index (χ4v) is 5.42. The maximum absolute atomic E-state index is 13.2. The molecule has 1 amide bonds. The van der Waals surface area contributed by atoms with E-state index >= 15 is 0 Å². The van der Waals surface area contributed by atoms with Gasteiger partial charge in [-0.25, -0.2) is 0 Å². The predicted octanol–water partition coefficient (Wildman–Crippen LogP) is 8.36. The molecule has 0 saturated heterocycles. The lowest BCUT2D eigenvalue weighted by atomic mass is 9.82. The Labute approximate surface area is 255 Å². The van der Waals surface area contributed by atoms with Crippen LogP contribution in [0.25, 0.3) is 0 Å². The molecule has 2 N–H and O–H groups in total. The quantitative estimate of drug-likeness (QED) is 0.169. The average Bonchev–Trinajstić information content (AvgIpc) is 3.02. The lowest BCUT2D eigenvalue weighted by Gasteiger charge is -2.22. The minimum Gasteiger partial charge on any atom is -0.366 e. The van der Waals surface area contributed by atoms with Crippen molar-refractivity contribution in [2.45, 2.75) is 37.0 Å². The molecule has 2 atom stereocenters. The van der Waals surface area contributed by atoms with Crippen LogP contribution in [0.4, 0.5) is 26.3 Å².